The smallest absolute Gasteiger partial charge is 0.220 e. The average Bonchev–Trinajstić information content (AvgIpc) is 2.64. The van der Waals surface area contributed by atoms with Crippen molar-refractivity contribution in [1.82, 2.24) is 5.32 Å². The summed E-state index contributed by atoms with van der Waals surface area (Å²) in [5.41, 5.74) is 0. The van der Waals surface area contributed by atoms with Crippen LogP contribution in [0.1, 0.15) is 12.8 Å². The summed E-state index contributed by atoms with van der Waals surface area (Å²) in [7, 11) is 4.89. The lowest BCUT2D eigenvalue weighted by atomic mass is 10.4. The minimum atomic E-state index is 0.0902. The van der Waals surface area contributed by atoms with Crippen molar-refractivity contribution in [3.05, 3.63) is 0 Å². The molecule has 0 aliphatic rings. The van der Waals surface area contributed by atoms with Crippen molar-refractivity contribution in [2.24, 2.45) is 0 Å². The van der Waals surface area contributed by atoms with Gasteiger partial charge in [-0.3, -0.25) is 4.79 Å². The molecule has 0 aromatic carbocycles. The molecule has 0 rings (SSSR count). The first kappa shape index (κ1) is 26.3. The quantitative estimate of drug-likeness (QED) is 0.167. The van der Waals surface area contributed by atoms with Crippen LogP contribution in [0.25, 0.3) is 0 Å². The minimum absolute atomic E-state index is 0.0902. The lowest BCUT2D eigenvalue weighted by molar-refractivity contribution is -0.120. The third-order valence-corrected chi connectivity index (χ3v) is 5.71. The van der Waals surface area contributed by atoms with Gasteiger partial charge in [-0.2, -0.15) is 11.8 Å². The first-order chi connectivity index (χ1) is 12.8. The normalized spacial score (nSPS) is 11.0. The van der Waals surface area contributed by atoms with E-state index in [1.54, 1.807) is 14.2 Å². The van der Waals surface area contributed by atoms with E-state index in [2.05, 4.69) is 5.32 Å². The highest BCUT2D eigenvalue weighted by atomic mass is 33.1. The summed E-state index contributed by atoms with van der Waals surface area (Å²) in [5.74, 6) is 2.83. The van der Waals surface area contributed by atoms with E-state index in [0.717, 1.165) is 36.8 Å². The van der Waals surface area contributed by atoms with Crippen LogP contribution < -0.4 is 5.32 Å². The second-order valence-electron chi connectivity index (χ2n) is 4.99. The zero-order chi connectivity index (χ0) is 19.1. The summed E-state index contributed by atoms with van der Waals surface area (Å²) >= 11 is 3.14. The maximum Gasteiger partial charge on any atom is 0.220 e. The van der Waals surface area contributed by atoms with Crippen molar-refractivity contribution >= 4 is 39.5 Å². The summed E-state index contributed by atoms with van der Waals surface area (Å²) in [6.07, 6.45) is 1.56. The van der Waals surface area contributed by atoms with E-state index in [1.165, 1.54) is 21.9 Å². The molecule has 0 spiro atoms. The molecule has 0 heterocycles. The Hall–Kier alpha value is 0.320. The van der Waals surface area contributed by atoms with Gasteiger partial charge in [-0.1, -0.05) is 10.8 Å². The summed E-state index contributed by atoms with van der Waals surface area (Å²) in [6.45, 7) is 4.86. The largest absolute Gasteiger partial charge is 0.385 e. The molecule has 0 aromatic heterocycles. The van der Waals surface area contributed by atoms with Gasteiger partial charge in [0, 0.05) is 45.3 Å². The maximum atomic E-state index is 11.6. The summed E-state index contributed by atoms with van der Waals surface area (Å²) in [5, 5.41) is 2.92. The van der Waals surface area contributed by atoms with E-state index in [-0.39, 0.29) is 5.91 Å². The Morgan fingerprint density at radius 1 is 0.846 bits per heavy atom. The monoisotopic (exact) mass is 431 g/mol. The lowest BCUT2D eigenvalue weighted by Gasteiger charge is -2.06. The summed E-state index contributed by atoms with van der Waals surface area (Å²) in [6, 6.07) is 0. The van der Waals surface area contributed by atoms with Gasteiger partial charge >= 0.3 is 0 Å². The number of carbonyl (C=O) groups excluding carboxylic acids is 1. The zero-order valence-corrected chi connectivity index (χ0v) is 18.3. The molecule has 0 bridgehead atoms. The van der Waals surface area contributed by atoms with Crippen LogP contribution in [0.4, 0.5) is 0 Å². The van der Waals surface area contributed by atoms with Gasteiger partial charge < -0.3 is 28.4 Å². The van der Waals surface area contributed by atoms with Gasteiger partial charge in [0.05, 0.1) is 50.7 Å². The Morgan fingerprint density at radius 2 is 1.54 bits per heavy atom. The molecular formula is C16H33NO6S3. The SMILES string of the molecule is COCCCSCCNC(=O)CCSSOCCOCCOCCOC. The van der Waals surface area contributed by atoms with Gasteiger partial charge in [0.1, 0.15) is 0 Å². The van der Waals surface area contributed by atoms with Gasteiger partial charge in [-0.05, 0) is 12.2 Å². The lowest BCUT2D eigenvalue weighted by Crippen LogP contribution is -2.25. The molecule has 0 unspecified atom stereocenters. The van der Waals surface area contributed by atoms with E-state index in [9.17, 15) is 4.79 Å². The predicted octanol–water partition coefficient (Wildman–Crippen LogP) is 2.25. The standard InChI is InChI=1S/C16H33NO6S3/c1-19-6-3-13-24-15-5-17-16(18)4-14-25-26-23-12-11-22-10-9-21-8-7-20-2/h3-15H2,1-2H3,(H,17,18). The number of amides is 1. The molecule has 0 aliphatic heterocycles. The molecule has 1 N–H and O–H groups in total. The van der Waals surface area contributed by atoms with Crippen LogP contribution in [0.2, 0.25) is 0 Å². The van der Waals surface area contributed by atoms with Crippen molar-refractivity contribution in [2.75, 3.05) is 84.3 Å². The fourth-order valence-electron chi connectivity index (χ4n) is 1.55. The van der Waals surface area contributed by atoms with Crippen LogP contribution in [-0.2, 0) is 27.9 Å². The Kier molecular flexibility index (Phi) is 23.6. The topological polar surface area (TPSA) is 75.3 Å². The Bertz CT molecular complexity index is 303. The fraction of sp³-hybridized carbons (Fsp3) is 0.938. The van der Waals surface area contributed by atoms with Crippen molar-refractivity contribution in [3.63, 3.8) is 0 Å². The van der Waals surface area contributed by atoms with Crippen LogP contribution in [-0.4, -0.2) is 90.2 Å². The molecule has 1 amide bonds. The molecular weight excluding hydrogens is 398 g/mol. The second kappa shape index (κ2) is 23.4. The highest BCUT2D eigenvalue weighted by Gasteiger charge is 2.01. The third-order valence-electron chi connectivity index (χ3n) is 2.83. The van der Waals surface area contributed by atoms with Crippen molar-refractivity contribution < 1.29 is 27.9 Å². The number of methoxy groups -OCH3 is 2. The summed E-state index contributed by atoms with van der Waals surface area (Å²) < 4.78 is 25.8. The predicted molar refractivity (Wildman–Crippen MR) is 111 cm³/mol. The second-order valence-corrected chi connectivity index (χ2v) is 8.34. The van der Waals surface area contributed by atoms with Crippen LogP contribution in [0, 0.1) is 0 Å². The number of hydrogen-bond acceptors (Lipinski definition) is 9. The van der Waals surface area contributed by atoms with Crippen LogP contribution in [0.5, 0.6) is 0 Å². The van der Waals surface area contributed by atoms with Crippen LogP contribution >= 0.6 is 33.6 Å². The molecule has 156 valence electrons. The van der Waals surface area contributed by atoms with Gasteiger partial charge in [0.2, 0.25) is 5.91 Å². The molecule has 10 heteroatoms. The molecule has 0 saturated carbocycles. The molecule has 0 aromatic rings. The molecule has 7 nitrogen and oxygen atoms in total. The number of hydrogen-bond donors (Lipinski definition) is 1. The fourth-order valence-corrected chi connectivity index (χ4v) is 3.73. The van der Waals surface area contributed by atoms with Gasteiger partial charge in [0.15, 0.2) is 0 Å². The van der Waals surface area contributed by atoms with Crippen molar-refractivity contribution in [3.8, 4) is 0 Å². The minimum Gasteiger partial charge on any atom is -0.385 e. The molecule has 0 fully saturated rings. The number of ether oxygens (including phenoxy) is 4. The summed E-state index contributed by atoms with van der Waals surface area (Å²) in [4.78, 5) is 11.6. The number of carbonyl (C=O) groups is 1. The van der Waals surface area contributed by atoms with E-state index in [0.29, 0.717) is 46.1 Å². The number of nitrogens with one attached hydrogen (secondary N) is 1. The number of rotatable bonds is 21. The Labute approximate surface area is 169 Å². The highest BCUT2D eigenvalue weighted by molar-refractivity contribution is 8.74. The Morgan fingerprint density at radius 3 is 2.27 bits per heavy atom. The van der Waals surface area contributed by atoms with Crippen molar-refractivity contribution in [2.45, 2.75) is 12.8 Å². The molecule has 0 atom stereocenters. The van der Waals surface area contributed by atoms with E-state index in [1.807, 2.05) is 11.8 Å². The Balaban J connectivity index is 3.12. The van der Waals surface area contributed by atoms with Crippen molar-refractivity contribution in [1.29, 1.82) is 0 Å². The first-order valence-electron chi connectivity index (χ1n) is 8.70. The molecule has 0 radical (unpaired) electrons. The maximum absolute atomic E-state index is 11.6. The van der Waals surface area contributed by atoms with Gasteiger partial charge in [-0.25, -0.2) is 0 Å². The molecule has 26 heavy (non-hydrogen) atoms. The van der Waals surface area contributed by atoms with E-state index >= 15 is 0 Å². The molecule has 0 aliphatic carbocycles. The van der Waals surface area contributed by atoms with Gasteiger partial charge in [0.25, 0.3) is 0 Å². The molecule has 0 saturated heterocycles. The van der Waals surface area contributed by atoms with Crippen LogP contribution in [0.15, 0.2) is 0 Å². The van der Waals surface area contributed by atoms with Crippen LogP contribution in [0.3, 0.4) is 0 Å². The average molecular weight is 432 g/mol. The van der Waals surface area contributed by atoms with E-state index in [4.69, 9.17) is 23.1 Å². The zero-order valence-electron chi connectivity index (χ0n) is 15.9. The van der Waals surface area contributed by atoms with Gasteiger partial charge in [-0.15, -0.1) is 0 Å². The number of thioether (sulfide) groups is 1. The van der Waals surface area contributed by atoms with E-state index < -0.39 is 0 Å². The highest BCUT2D eigenvalue weighted by Crippen LogP contribution is 2.22. The first-order valence-corrected chi connectivity index (χ1v) is 12.1. The third kappa shape index (κ3) is 22.4.